The number of aryl methyl sites for hydroxylation is 2. The number of nitrogens with one attached hydrogen (secondary N) is 3. The van der Waals surface area contributed by atoms with Crippen LogP contribution in [0, 0.1) is 13.8 Å². The van der Waals surface area contributed by atoms with Crippen molar-refractivity contribution in [2.75, 3.05) is 0 Å². The molecule has 0 unspecified atom stereocenters. The zero-order valence-electron chi connectivity index (χ0n) is 9.48. The first-order chi connectivity index (χ1) is 8.00. The lowest BCUT2D eigenvalue weighted by molar-refractivity contribution is 0.578. The highest BCUT2D eigenvalue weighted by Crippen LogP contribution is 2.16. The third-order valence-corrected chi connectivity index (χ3v) is 3.98. The molecule has 0 spiro atoms. The summed E-state index contributed by atoms with van der Waals surface area (Å²) in [5.41, 5.74) is 0.976. The number of rotatable bonds is 4. The van der Waals surface area contributed by atoms with Gasteiger partial charge in [0, 0.05) is 12.4 Å². The molecular weight excluding hydrogens is 242 g/mol. The first-order valence-electron chi connectivity index (χ1n) is 5.00. The van der Waals surface area contributed by atoms with Crippen LogP contribution in [-0.2, 0) is 16.6 Å². The van der Waals surface area contributed by atoms with Crippen LogP contribution >= 0.6 is 0 Å². The summed E-state index contributed by atoms with van der Waals surface area (Å²) in [5, 5.41) is 6.50. The highest BCUT2D eigenvalue weighted by Gasteiger charge is 2.21. The van der Waals surface area contributed by atoms with Crippen LogP contribution in [0.3, 0.4) is 0 Å². The van der Waals surface area contributed by atoms with Gasteiger partial charge < -0.3 is 4.98 Å². The van der Waals surface area contributed by atoms with Crippen molar-refractivity contribution in [3.05, 3.63) is 29.6 Å². The molecule has 0 aromatic carbocycles. The summed E-state index contributed by atoms with van der Waals surface area (Å²) in [6.07, 6.45) is 3.20. The number of aromatic nitrogens is 4. The summed E-state index contributed by atoms with van der Waals surface area (Å²) in [5.74, 6) is 0.562. The Bertz CT molecular complexity index is 580. The minimum Gasteiger partial charge on any atom is -0.347 e. The standard InChI is InChI=1S/C9H13N5O2S/c1-6-9(7(2)14-13-6)17(15,16)12-5-8-10-3-4-11-8/h3-4,12H,5H2,1-2H3,(H,10,11)(H,13,14). The van der Waals surface area contributed by atoms with Crippen LogP contribution < -0.4 is 4.72 Å². The Labute approximate surface area is 98.7 Å². The van der Waals surface area contributed by atoms with Crippen LogP contribution in [0.1, 0.15) is 17.2 Å². The predicted octanol–water partition coefficient (Wildman–Crippen LogP) is 0.228. The van der Waals surface area contributed by atoms with E-state index in [9.17, 15) is 8.42 Å². The van der Waals surface area contributed by atoms with Gasteiger partial charge in [-0.25, -0.2) is 18.1 Å². The zero-order chi connectivity index (χ0) is 12.5. The Morgan fingerprint density at radius 2 is 2.18 bits per heavy atom. The molecule has 0 saturated carbocycles. The molecule has 0 amide bonds. The van der Waals surface area contributed by atoms with Gasteiger partial charge in [-0.2, -0.15) is 5.10 Å². The molecule has 8 heteroatoms. The topological polar surface area (TPSA) is 104 Å². The van der Waals surface area contributed by atoms with Crippen LogP contribution in [0.2, 0.25) is 0 Å². The van der Waals surface area contributed by atoms with Gasteiger partial charge in [-0.1, -0.05) is 0 Å². The smallest absolute Gasteiger partial charge is 0.244 e. The Hall–Kier alpha value is -1.67. The van der Waals surface area contributed by atoms with Crippen molar-refractivity contribution in [3.8, 4) is 0 Å². The molecule has 2 heterocycles. The van der Waals surface area contributed by atoms with Crippen LogP contribution in [0.25, 0.3) is 0 Å². The van der Waals surface area contributed by atoms with Gasteiger partial charge in [0.1, 0.15) is 10.7 Å². The highest BCUT2D eigenvalue weighted by molar-refractivity contribution is 7.89. The van der Waals surface area contributed by atoms with E-state index in [4.69, 9.17) is 0 Å². The Kier molecular flexibility index (Phi) is 2.99. The molecule has 17 heavy (non-hydrogen) atoms. The number of imidazole rings is 1. The molecule has 3 N–H and O–H groups in total. The molecule has 2 aromatic rings. The summed E-state index contributed by atoms with van der Waals surface area (Å²) >= 11 is 0. The second-order valence-corrected chi connectivity index (χ2v) is 5.33. The number of nitrogens with zero attached hydrogens (tertiary/aromatic N) is 2. The van der Waals surface area contributed by atoms with Gasteiger partial charge in [0.2, 0.25) is 10.0 Å². The summed E-state index contributed by atoms with van der Waals surface area (Å²) in [4.78, 5) is 6.96. The first-order valence-corrected chi connectivity index (χ1v) is 6.48. The fraction of sp³-hybridized carbons (Fsp3) is 0.333. The summed E-state index contributed by atoms with van der Waals surface area (Å²) in [7, 11) is -3.56. The molecule has 0 saturated heterocycles. The minimum absolute atomic E-state index is 0.124. The quantitative estimate of drug-likeness (QED) is 0.727. The van der Waals surface area contributed by atoms with Crippen molar-refractivity contribution < 1.29 is 8.42 Å². The summed E-state index contributed by atoms with van der Waals surface area (Å²) in [6, 6.07) is 0. The van der Waals surface area contributed by atoms with Crippen molar-refractivity contribution >= 4 is 10.0 Å². The first kappa shape index (κ1) is 11.8. The largest absolute Gasteiger partial charge is 0.347 e. The molecule has 2 aromatic heterocycles. The number of sulfonamides is 1. The van der Waals surface area contributed by atoms with E-state index < -0.39 is 10.0 Å². The van der Waals surface area contributed by atoms with Crippen LogP contribution in [0.15, 0.2) is 17.3 Å². The SMILES string of the molecule is Cc1n[nH]c(C)c1S(=O)(=O)NCc1ncc[nH]1. The van der Waals surface area contributed by atoms with Gasteiger partial charge in [0.15, 0.2) is 0 Å². The molecule has 0 aliphatic rings. The van der Waals surface area contributed by atoms with Gasteiger partial charge in [-0.05, 0) is 13.8 Å². The van der Waals surface area contributed by atoms with E-state index in [0.29, 0.717) is 17.2 Å². The van der Waals surface area contributed by atoms with E-state index in [2.05, 4.69) is 24.9 Å². The molecule has 0 atom stereocenters. The van der Waals surface area contributed by atoms with Crippen molar-refractivity contribution in [2.45, 2.75) is 25.3 Å². The van der Waals surface area contributed by atoms with E-state index in [-0.39, 0.29) is 11.4 Å². The molecule has 0 bridgehead atoms. The summed E-state index contributed by atoms with van der Waals surface area (Å²) < 4.78 is 26.5. The van der Waals surface area contributed by atoms with Crippen molar-refractivity contribution in [1.82, 2.24) is 24.9 Å². The van der Waals surface area contributed by atoms with Crippen LogP contribution in [-0.4, -0.2) is 28.6 Å². The molecule has 0 radical (unpaired) electrons. The average Bonchev–Trinajstić information content (AvgIpc) is 2.86. The second kappa shape index (κ2) is 4.30. The highest BCUT2D eigenvalue weighted by atomic mass is 32.2. The van der Waals surface area contributed by atoms with Crippen LogP contribution in [0.5, 0.6) is 0 Å². The van der Waals surface area contributed by atoms with Gasteiger partial charge in [-0.3, -0.25) is 5.10 Å². The van der Waals surface area contributed by atoms with Crippen molar-refractivity contribution in [1.29, 1.82) is 0 Å². The molecule has 0 aliphatic carbocycles. The zero-order valence-corrected chi connectivity index (χ0v) is 10.3. The van der Waals surface area contributed by atoms with Crippen LogP contribution in [0.4, 0.5) is 0 Å². The third kappa shape index (κ3) is 2.37. The van der Waals surface area contributed by atoms with Gasteiger partial charge >= 0.3 is 0 Å². The lowest BCUT2D eigenvalue weighted by Crippen LogP contribution is -2.24. The van der Waals surface area contributed by atoms with Crippen molar-refractivity contribution in [2.24, 2.45) is 0 Å². The Balaban J connectivity index is 2.20. The number of hydrogen-bond acceptors (Lipinski definition) is 4. The van der Waals surface area contributed by atoms with Gasteiger partial charge in [0.25, 0.3) is 0 Å². The van der Waals surface area contributed by atoms with Gasteiger partial charge in [0.05, 0.1) is 17.9 Å². The lowest BCUT2D eigenvalue weighted by atomic mass is 10.4. The molecule has 92 valence electrons. The van der Waals surface area contributed by atoms with E-state index in [1.54, 1.807) is 26.2 Å². The molecular formula is C9H13N5O2S. The van der Waals surface area contributed by atoms with Gasteiger partial charge in [-0.15, -0.1) is 0 Å². The van der Waals surface area contributed by atoms with Crippen molar-refractivity contribution in [3.63, 3.8) is 0 Å². The van der Waals surface area contributed by atoms with E-state index in [0.717, 1.165) is 0 Å². The maximum atomic E-state index is 12.0. The third-order valence-electron chi connectivity index (χ3n) is 2.31. The maximum absolute atomic E-state index is 12.0. The molecule has 7 nitrogen and oxygen atoms in total. The van der Waals surface area contributed by atoms with E-state index in [1.807, 2.05) is 0 Å². The molecule has 0 aliphatic heterocycles. The number of hydrogen-bond donors (Lipinski definition) is 3. The van der Waals surface area contributed by atoms with E-state index >= 15 is 0 Å². The fourth-order valence-electron chi connectivity index (χ4n) is 1.57. The van der Waals surface area contributed by atoms with E-state index in [1.165, 1.54) is 0 Å². The minimum atomic E-state index is -3.56. The predicted molar refractivity (Wildman–Crippen MR) is 60.7 cm³/mol. The molecule has 0 fully saturated rings. The number of H-pyrrole nitrogens is 2. The monoisotopic (exact) mass is 255 g/mol. The second-order valence-electron chi connectivity index (χ2n) is 3.62. The fourth-order valence-corrected chi connectivity index (χ4v) is 2.92. The summed E-state index contributed by atoms with van der Waals surface area (Å²) in [6.45, 7) is 3.44. The average molecular weight is 255 g/mol. The molecule has 2 rings (SSSR count). The normalized spacial score (nSPS) is 11.9. The Morgan fingerprint density at radius 3 is 2.71 bits per heavy atom. The number of aromatic amines is 2. The maximum Gasteiger partial charge on any atom is 0.244 e. The lowest BCUT2D eigenvalue weighted by Gasteiger charge is -2.05. The Morgan fingerprint density at radius 1 is 1.41 bits per heavy atom.